The van der Waals surface area contributed by atoms with Crippen LogP contribution < -0.4 is 10.2 Å². The first-order valence-corrected chi connectivity index (χ1v) is 12.5. The van der Waals surface area contributed by atoms with Crippen LogP contribution in [0.2, 0.25) is 0 Å². The smallest absolute Gasteiger partial charge is 0.252 e. The molecule has 2 rings (SSSR count). The lowest BCUT2D eigenvalue weighted by Crippen LogP contribution is -2.49. The van der Waals surface area contributed by atoms with Gasteiger partial charge in [-0.05, 0) is 38.8 Å². The molecule has 0 bridgehead atoms. The number of aliphatic hydroxyl groups is 1. The van der Waals surface area contributed by atoms with Gasteiger partial charge in [-0.25, -0.2) is 4.98 Å². The van der Waals surface area contributed by atoms with E-state index < -0.39 is 0 Å². The highest BCUT2D eigenvalue weighted by molar-refractivity contribution is 5.94. The van der Waals surface area contributed by atoms with Gasteiger partial charge < -0.3 is 15.3 Å². The number of rotatable bonds is 15. The number of anilines is 1. The van der Waals surface area contributed by atoms with Gasteiger partial charge in [0.15, 0.2) is 0 Å². The van der Waals surface area contributed by atoms with Crippen molar-refractivity contribution < 1.29 is 9.90 Å². The number of hydrogen-bond acceptors (Lipinski definition) is 5. The van der Waals surface area contributed by atoms with Crippen molar-refractivity contribution in [1.82, 2.24) is 15.2 Å². The Balaban J connectivity index is 1.53. The normalized spacial score (nSPS) is 14.9. The number of nitrogens with one attached hydrogen (secondary N) is 1. The molecule has 0 atom stereocenters. The summed E-state index contributed by atoms with van der Waals surface area (Å²) in [5, 5.41) is 11.8. The Bertz CT molecular complexity index is 598. The van der Waals surface area contributed by atoms with E-state index in [2.05, 4.69) is 33.9 Å². The molecule has 1 aromatic rings. The first-order chi connectivity index (χ1) is 15.1. The fourth-order valence-electron chi connectivity index (χ4n) is 4.13. The molecule has 0 saturated carbocycles. The minimum Gasteiger partial charge on any atom is -0.396 e. The van der Waals surface area contributed by atoms with Crippen LogP contribution in [0.25, 0.3) is 0 Å². The van der Waals surface area contributed by atoms with Gasteiger partial charge in [-0.2, -0.15) is 0 Å². The second-order valence-corrected chi connectivity index (χ2v) is 9.04. The summed E-state index contributed by atoms with van der Waals surface area (Å²) in [6.45, 7) is 9.64. The second-order valence-electron chi connectivity index (χ2n) is 9.04. The van der Waals surface area contributed by atoms with Crippen LogP contribution in [0, 0.1) is 0 Å². The van der Waals surface area contributed by atoms with Crippen LogP contribution in [0.15, 0.2) is 18.3 Å². The zero-order valence-electron chi connectivity index (χ0n) is 19.8. The van der Waals surface area contributed by atoms with Gasteiger partial charge in [-0.3, -0.25) is 9.69 Å². The Morgan fingerprint density at radius 2 is 1.52 bits per heavy atom. The average Bonchev–Trinajstić information content (AvgIpc) is 2.80. The number of piperazine rings is 1. The molecule has 0 radical (unpaired) electrons. The number of unbranched alkanes of at least 4 members (excludes halogenated alkanes) is 9. The molecule has 1 aromatic heterocycles. The van der Waals surface area contributed by atoms with Crippen LogP contribution in [-0.4, -0.2) is 66.3 Å². The van der Waals surface area contributed by atoms with E-state index in [-0.39, 0.29) is 5.91 Å². The number of carbonyl (C=O) groups excluding carboxylic acids is 1. The first kappa shape index (κ1) is 25.6. The molecule has 2 N–H and O–H groups in total. The van der Waals surface area contributed by atoms with Crippen molar-refractivity contribution in [3.8, 4) is 0 Å². The van der Waals surface area contributed by atoms with Crippen LogP contribution >= 0.6 is 0 Å². The van der Waals surface area contributed by atoms with Crippen molar-refractivity contribution in [3.63, 3.8) is 0 Å². The Morgan fingerprint density at radius 3 is 2.03 bits per heavy atom. The molecule has 0 aromatic carbocycles. The minimum absolute atomic E-state index is 0.0217. The van der Waals surface area contributed by atoms with E-state index in [0.29, 0.717) is 18.2 Å². The molecule has 6 heteroatoms. The van der Waals surface area contributed by atoms with Crippen LogP contribution in [0.3, 0.4) is 0 Å². The highest BCUT2D eigenvalue weighted by Crippen LogP contribution is 2.15. The van der Waals surface area contributed by atoms with Crippen LogP contribution in [-0.2, 0) is 0 Å². The number of nitrogens with zero attached hydrogens (tertiary/aromatic N) is 3. The summed E-state index contributed by atoms with van der Waals surface area (Å²) in [5.41, 5.74) is 0.644. The average molecular weight is 433 g/mol. The maximum absolute atomic E-state index is 12.3. The van der Waals surface area contributed by atoms with E-state index in [0.717, 1.165) is 57.8 Å². The van der Waals surface area contributed by atoms with E-state index in [4.69, 9.17) is 5.11 Å². The summed E-state index contributed by atoms with van der Waals surface area (Å²) >= 11 is 0. The standard InChI is InChI=1S/C25H44N4O2/c1-22(2)28-16-18-29(19-17-28)24-14-13-23(21-27-24)25(31)26-15-11-9-7-5-3-4-6-8-10-12-20-30/h13-14,21-22,30H,3-12,15-20H2,1-2H3,(H,26,31). The lowest BCUT2D eigenvalue weighted by atomic mass is 10.1. The molecular formula is C25H44N4O2. The lowest BCUT2D eigenvalue weighted by Gasteiger charge is -2.37. The topological polar surface area (TPSA) is 68.7 Å². The maximum atomic E-state index is 12.3. The molecule has 2 heterocycles. The molecular weight excluding hydrogens is 388 g/mol. The van der Waals surface area contributed by atoms with Crippen molar-refractivity contribution in [2.24, 2.45) is 0 Å². The maximum Gasteiger partial charge on any atom is 0.252 e. The van der Waals surface area contributed by atoms with Crippen molar-refractivity contribution in [2.75, 3.05) is 44.2 Å². The molecule has 0 spiro atoms. The Morgan fingerprint density at radius 1 is 0.935 bits per heavy atom. The third-order valence-corrected chi connectivity index (χ3v) is 6.25. The molecule has 31 heavy (non-hydrogen) atoms. The quantitative estimate of drug-likeness (QED) is 0.406. The van der Waals surface area contributed by atoms with E-state index in [9.17, 15) is 4.79 Å². The number of carbonyl (C=O) groups is 1. The highest BCUT2D eigenvalue weighted by Gasteiger charge is 2.19. The number of hydrogen-bond donors (Lipinski definition) is 2. The molecule has 6 nitrogen and oxygen atoms in total. The van der Waals surface area contributed by atoms with Gasteiger partial charge in [0.05, 0.1) is 5.56 Å². The van der Waals surface area contributed by atoms with E-state index in [1.165, 1.54) is 44.9 Å². The molecule has 1 aliphatic heterocycles. The van der Waals surface area contributed by atoms with E-state index in [1.807, 2.05) is 12.1 Å². The number of amides is 1. The molecule has 1 saturated heterocycles. The lowest BCUT2D eigenvalue weighted by molar-refractivity contribution is 0.0952. The van der Waals surface area contributed by atoms with Crippen molar-refractivity contribution >= 4 is 11.7 Å². The van der Waals surface area contributed by atoms with Crippen molar-refractivity contribution in [3.05, 3.63) is 23.9 Å². The number of aromatic nitrogens is 1. The van der Waals surface area contributed by atoms with Crippen LogP contribution in [0.1, 0.15) is 88.4 Å². The minimum atomic E-state index is -0.0217. The molecule has 0 aliphatic carbocycles. The summed E-state index contributed by atoms with van der Waals surface area (Å²) in [7, 11) is 0. The van der Waals surface area contributed by atoms with Gasteiger partial charge in [0.25, 0.3) is 5.91 Å². The van der Waals surface area contributed by atoms with Crippen LogP contribution in [0.5, 0.6) is 0 Å². The van der Waals surface area contributed by atoms with Crippen molar-refractivity contribution in [1.29, 1.82) is 0 Å². The SMILES string of the molecule is CC(C)N1CCN(c2ccc(C(=O)NCCCCCCCCCCCCO)cn2)CC1. The first-order valence-electron chi connectivity index (χ1n) is 12.5. The van der Waals surface area contributed by atoms with Crippen LogP contribution in [0.4, 0.5) is 5.82 Å². The summed E-state index contributed by atoms with van der Waals surface area (Å²) < 4.78 is 0. The Labute approximate surface area is 189 Å². The fourth-order valence-corrected chi connectivity index (χ4v) is 4.13. The van der Waals surface area contributed by atoms with Gasteiger partial charge in [-0.15, -0.1) is 0 Å². The molecule has 1 fully saturated rings. The zero-order chi connectivity index (χ0) is 22.3. The number of pyridine rings is 1. The Hall–Kier alpha value is -1.66. The molecule has 1 amide bonds. The largest absolute Gasteiger partial charge is 0.396 e. The number of aliphatic hydroxyl groups excluding tert-OH is 1. The van der Waals surface area contributed by atoms with Gasteiger partial charge in [0.1, 0.15) is 5.82 Å². The van der Waals surface area contributed by atoms with E-state index in [1.54, 1.807) is 6.20 Å². The molecule has 176 valence electrons. The monoisotopic (exact) mass is 432 g/mol. The predicted molar refractivity (Wildman–Crippen MR) is 129 cm³/mol. The third-order valence-electron chi connectivity index (χ3n) is 6.25. The summed E-state index contributed by atoms with van der Waals surface area (Å²) in [4.78, 5) is 21.7. The summed E-state index contributed by atoms with van der Waals surface area (Å²) in [5.74, 6) is 0.944. The van der Waals surface area contributed by atoms with Crippen molar-refractivity contribution in [2.45, 2.75) is 84.1 Å². The van der Waals surface area contributed by atoms with Gasteiger partial charge in [0, 0.05) is 51.6 Å². The Kier molecular flexibility index (Phi) is 12.5. The molecule has 1 aliphatic rings. The summed E-state index contributed by atoms with van der Waals surface area (Å²) in [6, 6.07) is 4.46. The van der Waals surface area contributed by atoms with Gasteiger partial charge in [-0.1, -0.05) is 51.4 Å². The van der Waals surface area contributed by atoms with Gasteiger partial charge in [0.2, 0.25) is 0 Å². The van der Waals surface area contributed by atoms with E-state index >= 15 is 0 Å². The molecule has 0 unspecified atom stereocenters. The third kappa shape index (κ3) is 10.0. The van der Waals surface area contributed by atoms with Gasteiger partial charge >= 0.3 is 0 Å². The summed E-state index contributed by atoms with van der Waals surface area (Å²) in [6.07, 6.45) is 13.7. The fraction of sp³-hybridized carbons (Fsp3) is 0.760. The zero-order valence-corrected chi connectivity index (χ0v) is 19.8. The predicted octanol–water partition coefficient (Wildman–Crippen LogP) is 4.24. The highest BCUT2D eigenvalue weighted by atomic mass is 16.2. The second kappa shape index (κ2) is 15.2.